The van der Waals surface area contributed by atoms with Gasteiger partial charge >= 0.3 is 0 Å². The van der Waals surface area contributed by atoms with Gasteiger partial charge in [0.05, 0.1) is 12.5 Å². The standard InChI is InChI=1S/C15H22N2O2/c1-3-19-13-9-12(10-13)17-14-7-5-4-6-11(14)8-15(18)16-2/h4-7,12-13,17H,3,8-10H2,1-2H3,(H,16,18). The molecular weight excluding hydrogens is 240 g/mol. The Kier molecular flexibility index (Phi) is 4.80. The summed E-state index contributed by atoms with van der Waals surface area (Å²) >= 11 is 0. The van der Waals surface area contributed by atoms with E-state index in [0.29, 0.717) is 18.6 Å². The fourth-order valence-corrected chi connectivity index (χ4v) is 2.35. The van der Waals surface area contributed by atoms with Gasteiger partial charge in [-0.05, 0) is 31.4 Å². The molecule has 1 aliphatic carbocycles. The van der Waals surface area contributed by atoms with Crippen molar-refractivity contribution in [1.29, 1.82) is 0 Å². The molecule has 19 heavy (non-hydrogen) atoms. The van der Waals surface area contributed by atoms with Crippen LogP contribution in [0.25, 0.3) is 0 Å². The Bertz CT molecular complexity index is 428. The van der Waals surface area contributed by atoms with Gasteiger partial charge in [0.15, 0.2) is 0 Å². The number of carbonyl (C=O) groups is 1. The average Bonchev–Trinajstić information content (AvgIpc) is 2.38. The quantitative estimate of drug-likeness (QED) is 0.824. The van der Waals surface area contributed by atoms with E-state index in [1.807, 2.05) is 31.2 Å². The van der Waals surface area contributed by atoms with Crippen molar-refractivity contribution >= 4 is 11.6 Å². The second-order valence-electron chi connectivity index (χ2n) is 4.90. The average molecular weight is 262 g/mol. The summed E-state index contributed by atoms with van der Waals surface area (Å²) in [6, 6.07) is 8.45. The summed E-state index contributed by atoms with van der Waals surface area (Å²) in [7, 11) is 1.66. The Balaban J connectivity index is 1.92. The number of benzene rings is 1. The van der Waals surface area contributed by atoms with Crippen LogP contribution >= 0.6 is 0 Å². The van der Waals surface area contributed by atoms with Crippen molar-refractivity contribution in [2.75, 3.05) is 19.0 Å². The van der Waals surface area contributed by atoms with Gasteiger partial charge < -0.3 is 15.4 Å². The molecule has 1 amide bonds. The number of ether oxygens (including phenoxy) is 1. The first kappa shape index (κ1) is 13.9. The van der Waals surface area contributed by atoms with Crippen LogP contribution in [-0.2, 0) is 16.0 Å². The summed E-state index contributed by atoms with van der Waals surface area (Å²) in [6.45, 7) is 2.81. The summed E-state index contributed by atoms with van der Waals surface area (Å²) in [5.41, 5.74) is 2.10. The maximum Gasteiger partial charge on any atom is 0.224 e. The molecule has 0 spiro atoms. The molecule has 2 N–H and O–H groups in total. The van der Waals surface area contributed by atoms with E-state index in [-0.39, 0.29) is 5.91 Å². The van der Waals surface area contributed by atoms with Gasteiger partial charge in [0.25, 0.3) is 0 Å². The van der Waals surface area contributed by atoms with Crippen LogP contribution in [0, 0.1) is 0 Å². The fraction of sp³-hybridized carbons (Fsp3) is 0.533. The Morgan fingerprint density at radius 3 is 2.79 bits per heavy atom. The van der Waals surface area contributed by atoms with Gasteiger partial charge in [-0.2, -0.15) is 0 Å². The highest BCUT2D eigenvalue weighted by Crippen LogP contribution is 2.28. The first-order valence-corrected chi connectivity index (χ1v) is 6.89. The molecular formula is C15H22N2O2. The maximum atomic E-state index is 11.5. The second kappa shape index (κ2) is 6.57. The Labute approximate surface area is 114 Å². The topological polar surface area (TPSA) is 50.4 Å². The maximum absolute atomic E-state index is 11.5. The normalized spacial score (nSPS) is 21.6. The predicted octanol–water partition coefficient (Wildman–Crippen LogP) is 1.95. The zero-order valence-corrected chi connectivity index (χ0v) is 11.6. The monoisotopic (exact) mass is 262 g/mol. The lowest BCUT2D eigenvalue weighted by Crippen LogP contribution is -2.41. The summed E-state index contributed by atoms with van der Waals surface area (Å²) in [4.78, 5) is 11.5. The van der Waals surface area contributed by atoms with E-state index < -0.39 is 0 Å². The van der Waals surface area contributed by atoms with Gasteiger partial charge in [0.1, 0.15) is 0 Å². The number of amides is 1. The molecule has 1 aliphatic rings. The molecule has 0 aromatic heterocycles. The van der Waals surface area contributed by atoms with Crippen LogP contribution in [0.5, 0.6) is 0 Å². The number of likely N-dealkylation sites (N-methyl/N-ethyl adjacent to an activating group) is 1. The number of nitrogens with one attached hydrogen (secondary N) is 2. The van der Waals surface area contributed by atoms with Crippen molar-refractivity contribution < 1.29 is 9.53 Å². The van der Waals surface area contributed by atoms with E-state index in [4.69, 9.17) is 4.74 Å². The summed E-state index contributed by atoms with van der Waals surface area (Å²) in [5.74, 6) is 0.0371. The van der Waals surface area contributed by atoms with Gasteiger partial charge in [-0.25, -0.2) is 0 Å². The largest absolute Gasteiger partial charge is 0.382 e. The van der Waals surface area contributed by atoms with Crippen LogP contribution in [0.15, 0.2) is 24.3 Å². The molecule has 2 rings (SSSR count). The molecule has 0 heterocycles. The van der Waals surface area contributed by atoms with Crippen molar-refractivity contribution in [1.82, 2.24) is 5.32 Å². The third-order valence-corrected chi connectivity index (χ3v) is 3.50. The zero-order valence-electron chi connectivity index (χ0n) is 11.6. The molecule has 0 aliphatic heterocycles. The molecule has 0 atom stereocenters. The summed E-state index contributed by atoms with van der Waals surface area (Å²) in [6.07, 6.45) is 2.90. The minimum atomic E-state index is 0.0371. The lowest BCUT2D eigenvalue weighted by molar-refractivity contribution is -0.119. The van der Waals surface area contributed by atoms with Crippen molar-refractivity contribution in [3.63, 3.8) is 0 Å². The molecule has 1 fully saturated rings. The van der Waals surface area contributed by atoms with Crippen LogP contribution in [0.2, 0.25) is 0 Å². The molecule has 4 nitrogen and oxygen atoms in total. The lowest BCUT2D eigenvalue weighted by Gasteiger charge is -2.36. The Morgan fingerprint density at radius 2 is 2.11 bits per heavy atom. The SMILES string of the molecule is CCOC1CC(Nc2ccccc2CC(=O)NC)C1. The van der Waals surface area contributed by atoms with Gasteiger partial charge in [-0.1, -0.05) is 18.2 Å². The molecule has 4 heteroatoms. The van der Waals surface area contributed by atoms with E-state index in [1.165, 1.54) is 0 Å². The highest BCUT2D eigenvalue weighted by molar-refractivity contribution is 5.80. The Morgan fingerprint density at radius 1 is 1.37 bits per heavy atom. The number of hydrogen-bond acceptors (Lipinski definition) is 3. The van der Waals surface area contributed by atoms with Crippen LogP contribution in [-0.4, -0.2) is 31.7 Å². The minimum Gasteiger partial charge on any atom is -0.382 e. The number of para-hydroxylation sites is 1. The molecule has 1 aromatic rings. The van der Waals surface area contributed by atoms with E-state index in [2.05, 4.69) is 10.6 Å². The summed E-state index contributed by atoms with van der Waals surface area (Å²) < 4.78 is 5.55. The van der Waals surface area contributed by atoms with Gasteiger partial charge in [-0.15, -0.1) is 0 Å². The molecule has 0 radical (unpaired) electrons. The zero-order chi connectivity index (χ0) is 13.7. The van der Waals surface area contributed by atoms with E-state index in [1.54, 1.807) is 7.05 Å². The van der Waals surface area contributed by atoms with Crippen LogP contribution in [0.1, 0.15) is 25.3 Å². The minimum absolute atomic E-state index is 0.0371. The van der Waals surface area contributed by atoms with Crippen molar-refractivity contribution in [3.05, 3.63) is 29.8 Å². The molecule has 0 bridgehead atoms. The van der Waals surface area contributed by atoms with E-state index >= 15 is 0 Å². The Hall–Kier alpha value is -1.55. The van der Waals surface area contributed by atoms with Crippen molar-refractivity contribution in [2.45, 2.75) is 38.3 Å². The van der Waals surface area contributed by atoms with Crippen LogP contribution < -0.4 is 10.6 Å². The number of rotatable bonds is 6. The third-order valence-electron chi connectivity index (χ3n) is 3.50. The van der Waals surface area contributed by atoms with Crippen molar-refractivity contribution in [2.24, 2.45) is 0 Å². The van der Waals surface area contributed by atoms with Gasteiger partial charge in [0, 0.05) is 25.4 Å². The third kappa shape index (κ3) is 3.70. The number of carbonyl (C=O) groups excluding carboxylic acids is 1. The van der Waals surface area contributed by atoms with Crippen LogP contribution in [0.3, 0.4) is 0 Å². The van der Waals surface area contributed by atoms with E-state index in [9.17, 15) is 4.79 Å². The highest BCUT2D eigenvalue weighted by atomic mass is 16.5. The molecule has 104 valence electrons. The van der Waals surface area contributed by atoms with Gasteiger partial charge in [0.2, 0.25) is 5.91 Å². The van der Waals surface area contributed by atoms with Crippen molar-refractivity contribution in [3.8, 4) is 0 Å². The lowest BCUT2D eigenvalue weighted by atomic mass is 9.88. The highest BCUT2D eigenvalue weighted by Gasteiger charge is 2.29. The number of anilines is 1. The number of hydrogen-bond donors (Lipinski definition) is 2. The molecule has 0 saturated heterocycles. The molecule has 0 unspecified atom stereocenters. The second-order valence-corrected chi connectivity index (χ2v) is 4.90. The first-order valence-electron chi connectivity index (χ1n) is 6.89. The van der Waals surface area contributed by atoms with E-state index in [0.717, 1.165) is 30.7 Å². The first-order chi connectivity index (χ1) is 9.22. The molecule has 1 aromatic carbocycles. The molecule has 1 saturated carbocycles. The fourth-order valence-electron chi connectivity index (χ4n) is 2.35. The van der Waals surface area contributed by atoms with Crippen LogP contribution in [0.4, 0.5) is 5.69 Å². The van der Waals surface area contributed by atoms with Gasteiger partial charge in [-0.3, -0.25) is 4.79 Å². The summed E-state index contributed by atoms with van der Waals surface area (Å²) in [5, 5.41) is 6.16. The smallest absolute Gasteiger partial charge is 0.224 e. The predicted molar refractivity (Wildman–Crippen MR) is 76.3 cm³/mol.